The van der Waals surface area contributed by atoms with Crippen molar-refractivity contribution in [3.8, 4) is 0 Å². The summed E-state index contributed by atoms with van der Waals surface area (Å²) in [4.78, 5) is 29.8. The molecule has 0 bridgehead atoms. The van der Waals surface area contributed by atoms with E-state index in [4.69, 9.17) is 0 Å². The molecule has 2 fully saturated rings. The second-order valence-corrected chi connectivity index (χ2v) is 8.51. The second-order valence-electron chi connectivity index (χ2n) is 8.51. The van der Waals surface area contributed by atoms with Crippen LogP contribution in [0.4, 0.5) is 0 Å². The fourth-order valence-electron chi connectivity index (χ4n) is 5.18. The van der Waals surface area contributed by atoms with E-state index in [0.29, 0.717) is 17.7 Å². The molecule has 2 heterocycles. The number of imide groups is 1. The van der Waals surface area contributed by atoms with Crippen LogP contribution in [-0.2, 0) is 0 Å². The highest BCUT2D eigenvalue weighted by atomic mass is 16.2. The minimum atomic E-state index is -0.118. The number of rotatable bonds is 6. The Morgan fingerprint density at radius 1 is 0.852 bits per heavy atom. The lowest BCUT2D eigenvalue weighted by molar-refractivity contribution is -1.02. The lowest BCUT2D eigenvalue weighted by Gasteiger charge is -2.36. The van der Waals surface area contributed by atoms with Gasteiger partial charge in [-0.1, -0.05) is 18.6 Å². The van der Waals surface area contributed by atoms with Gasteiger partial charge >= 0.3 is 0 Å². The van der Waals surface area contributed by atoms with Crippen LogP contribution in [0.15, 0.2) is 24.3 Å². The fourth-order valence-corrected chi connectivity index (χ4v) is 5.18. The quantitative estimate of drug-likeness (QED) is 0.554. The molecule has 5 heteroatoms. The van der Waals surface area contributed by atoms with Crippen LogP contribution in [0.3, 0.4) is 0 Å². The summed E-state index contributed by atoms with van der Waals surface area (Å²) in [7, 11) is 0. The normalized spacial score (nSPS) is 26.4. The number of quaternary nitrogens is 2. The van der Waals surface area contributed by atoms with Crippen LogP contribution in [0.1, 0.15) is 65.7 Å². The maximum Gasteiger partial charge on any atom is 0.261 e. The van der Waals surface area contributed by atoms with Gasteiger partial charge in [0.15, 0.2) is 0 Å². The highest BCUT2D eigenvalue weighted by Crippen LogP contribution is 2.22. The van der Waals surface area contributed by atoms with E-state index in [1.807, 2.05) is 17.0 Å². The van der Waals surface area contributed by atoms with Crippen LogP contribution < -0.4 is 9.80 Å². The first kappa shape index (κ1) is 18.6. The molecule has 0 spiro atoms. The standard InChI is InChI=1S/C22H31N3O2/c26-21-19-10-4-5-11-20(19)22(27)25(21)13-7-6-12-23-14-16-24(17-15-23)18-8-2-1-3-9-18/h4-5,10-11,18H,1-3,6-9,12-17H2/p+2. The Balaban J connectivity index is 1.16. The highest BCUT2D eigenvalue weighted by Gasteiger charge is 2.34. The summed E-state index contributed by atoms with van der Waals surface area (Å²) >= 11 is 0. The zero-order valence-electron chi connectivity index (χ0n) is 16.3. The van der Waals surface area contributed by atoms with Crippen LogP contribution in [0.2, 0.25) is 0 Å². The number of carbonyl (C=O) groups excluding carboxylic acids is 2. The van der Waals surface area contributed by atoms with Crippen molar-refractivity contribution in [3.05, 3.63) is 35.4 Å². The second kappa shape index (κ2) is 8.53. The molecule has 3 aliphatic rings. The van der Waals surface area contributed by atoms with Gasteiger partial charge in [-0.2, -0.15) is 0 Å². The number of unbranched alkanes of at least 4 members (excludes halogenated alkanes) is 1. The zero-order chi connectivity index (χ0) is 18.6. The van der Waals surface area contributed by atoms with Crippen molar-refractivity contribution in [1.29, 1.82) is 0 Å². The third-order valence-corrected chi connectivity index (χ3v) is 6.82. The van der Waals surface area contributed by atoms with Gasteiger partial charge in [0.2, 0.25) is 0 Å². The Morgan fingerprint density at radius 2 is 1.48 bits per heavy atom. The Bertz CT molecular complexity index is 641. The Morgan fingerprint density at radius 3 is 2.11 bits per heavy atom. The van der Waals surface area contributed by atoms with Gasteiger partial charge in [0.25, 0.3) is 11.8 Å². The SMILES string of the molecule is O=C1c2ccccc2C(=O)N1CCCC[NH+]1CC[NH+](C2CCCCC2)CC1. The summed E-state index contributed by atoms with van der Waals surface area (Å²) in [5.74, 6) is -0.236. The Labute approximate surface area is 162 Å². The number of nitrogens with one attached hydrogen (secondary N) is 2. The first-order valence-corrected chi connectivity index (χ1v) is 10.9. The van der Waals surface area contributed by atoms with Crippen LogP contribution in [0.25, 0.3) is 0 Å². The third kappa shape index (κ3) is 4.09. The van der Waals surface area contributed by atoms with E-state index in [1.165, 1.54) is 69.7 Å². The number of fused-ring (bicyclic) bond motifs is 1. The van der Waals surface area contributed by atoms with Crippen molar-refractivity contribution in [3.63, 3.8) is 0 Å². The summed E-state index contributed by atoms with van der Waals surface area (Å²) in [6.45, 7) is 6.91. The molecule has 0 aromatic heterocycles. The van der Waals surface area contributed by atoms with E-state index in [1.54, 1.807) is 17.0 Å². The monoisotopic (exact) mass is 371 g/mol. The molecule has 5 nitrogen and oxygen atoms in total. The average Bonchev–Trinajstić information content (AvgIpc) is 2.97. The topological polar surface area (TPSA) is 46.3 Å². The van der Waals surface area contributed by atoms with Crippen molar-refractivity contribution in [2.45, 2.75) is 51.0 Å². The van der Waals surface area contributed by atoms with E-state index in [0.717, 1.165) is 18.9 Å². The zero-order valence-corrected chi connectivity index (χ0v) is 16.3. The predicted octanol–water partition coefficient (Wildman–Crippen LogP) is 0.179. The number of benzene rings is 1. The van der Waals surface area contributed by atoms with Crippen molar-refractivity contribution in [2.75, 3.05) is 39.3 Å². The molecule has 1 aromatic rings. The molecule has 27 heavy (non-hydrogen) atoms. The largest absolute Gasteiger partial charge is 0.326 e. The number of piperazine rings is 1. The lowest BCUT2D eigenvalue weighted by atomic mass is 9.94. The van der Waals surface area contributed by atoms with Crippen LogP contribution >= 0.6 is 0 Å². The number of hydrogen-bond donors (Lipinski definition) is 2. The van der Waals surface area contributed by atoms with Crippen molar-refractivity contribution < 1.29 is 19.4 Å². The molecule has 2 amide bonds. The van der Waals surface area contributed by atoms with E-state index in [2.05, 4.69) is 0 Å². The molecule has 146 valence electrons. The fraction of sp³-hybridized carbons (Fsp3) is 0.636. The molecule has 2 N–H and O–H groups in total. The Hall–Kier alpha value is -1.72. The summed E-state index contributed by atoms with van der Waals surface area (Å²) in [6.07, 6.45) is 9.17. The van der Waals surface area contributed by atoms with Gasteiger partial charge < -0.3 is 9.80 Å². The highest BCUT2D eigenvalue weighted by molar-refractivity contribution is 6.21. The summed E-state index contributed by atoms with van der Waals surface area (Å²) in [5.41, 5.74) is 1.13. The summed E-state index contributed by atoms with van der Waals surface area (Å²) in [5, 5.41) is 0. The van der Waals surface area contributed by atoms with Crippen molar-refractivity contribution in [1.82, 2.24) is 4.90 Å². The lowest BCUT2D eigenvalue weighted by Crippen LogP contribution is -3.29. The molecule has 1 aliphatic carbocycles. The van der Waals surface area contributed by atoms with E-state index < -0.39 is 0 Å². The van der Waals surface area contributed by atoms with Crippen molar-refractivity contribution >= 4 is 11.8 Å². The van der Waals surface area contributed by atoms with Crippen LogP contribution in [-0.4, -0.2) is 62.0 Å². The Kier molecular flexibility index (Phi) is 5.89. The smallest absolute Gasteiger partial charge is 0.261 e. The van der Waals surface area contributed by atoms with E-state index in [-0.39, 0.29) is 11.8 Å². The number of carbonyl (C=O) groups is 2. The minimum Gasteiger partial charge on any atom is -0.326 e. The number of hydrogen-bond acceptors (Lipinski definition) is 2. The number of nitrogens with zero attached hydrogens (tertiary/aromatic N) is 1. The predicted molar refractivity (Wildman–Crippen MR) is 104 cm³/mol. The van der Waals surface area contributed by atoms with Gasteiger partial charge in [-0.05, 0) is 50.7 Å². The molecule has 0 radical (unpaired) electrons. The van der Waals surface area contributed by atoms with Crippen molar-refractivity contribution in [2.24, 2.45) is 0 Å². The van der Waals surface area contributed by atoms with Gasteiger partial charge in [-0.15, -0.1) is 0 Å². The molecule has 1 saturated carbocycles. The molecule has 0 atom stereocenters. The number of amides is 2. The average molecular weight is 372 g/mol. The molecule has 1 aromatic carbocycles. The molecule has 2 aliphatic heterocycles. The van der Waals surface area contributed by atoms with Gasteiger partial charge in [0, 0.05) is 6.54 Å². The first-order chi connectivity index (χ1) is 13.2. The summed E-state index contributed by atoms with van der Waals surface area (Å²) in [6, 6.07) is 8.09. The molecule has 4 rings (SSSR count). The maximum absolute atomic E-state index is 12.4. The van der Waals surface area contributed by atoms with Gasteiger partial charge in [-0.25, -0.2) is 0 Å². The summed E-state index contributed by atoms with van der Waals surface area (Å²) < 4.78 is 0. The van der Waals surface area contributed by atoms with Gasteiger partial charge in [-0.3, -0.25) is 14.5 Å². The van der Waals surface area contributed by atoms with Gasteiger partial charge in [0.05, 0.1) is 23.7 Å². The van der Waals surface area contributed by atoms with Crippen LogP contribution in [0, 0.1) is 0 Å². The molecule has 1 saturated heterocycles. The molecular formula is C22H33N3O2+2. The maximum atomic E-state index is 12.4. The van der Waals surface area contributed by atoms with Crippen LogP contribution in [0.5, 0.6) is 0 Å². The van der Waals surface area contributed by atoms with E-state index in [9.17, 15) is 9.59 Å². The minimum absolute atomic E-state index is 0.118. The first-order valence-electron chi connectivity index (χ1n) is 10.9. The molecule has 0 unspecified atom stereocenters. The third-order valence-electron chi connectivity index (χ3n) is 6.82. The molecular weight excluding hydrogens is 338 g/mol. The van der Waals surface area contributed by atoms with Gasteiger partial charge in [0.1, 0.15) is 26.2 Å². The van der Waals surface area contributed by atoms with E-state index >= 15 is 0 Å².